The zero-order chi connectivity index (χ0) is 13.0. The maximum Gasteiger partial charge on any atom is 0.422 e. The number of ether oxygens (including phenoxy) is 1. The predicted octanol–water partition coefficient (Wildman–Crippen LogP) is 2.83. The van der Waals surface area contributed by atoms with Gasteiger partial charge >= 0.3 is 5.88 Å². The quantitative estimate of drug-likeness (QED) is 0.772. The maximum absolute atomic E-state index is 5.91. The van der Waals surface area contributed by atoms with Crippen LogP contribution in [0.25, 0.3) is 0 Å². The van der Waals surface area contributed by atoms with Gasteiger partial charge in [-0.3, -0.25) is 4.84 Å². The molecular formula is C15H18NO2+. The fourth-order valence-corrected chi connectivity index (χ4v) is 1.67. The molecule has 0 radical (unpaired) electrons. The molecule has 18 heavy (non-hydrogen) atoms. The number of benzene rings is 1. The molecule has 1 heterocycles. The molecule has 1 aromatic carbocycles. The highest BCUT2D eigenvalue weighted by Crippen LogP contribution is 2.23. The van der Waals surface area contributed by atoms with Gasteiger partial charge in [-0.15, -0.1) is 0 Å². The van der Waals surface area contributed by atoms with E-state index in [1.807, 2.05) is 51.2 Å². The summed E-state index contributed by atoms with van der Waals surface area (Å²) in [4.78, 5) is 5.47. The number of nitrogens with zero attached hydrogens (tertiary/aromatic N) is 1. The molecule has 0 aliphatic carbocycles. The van der Waals surface area contributed by atoms with E-state index < -0.39 is 0 Å². The summed E-state index contributed by atoms with van der Waals surface area (Å²) in [5.41, 5.74) is 2.28. The van der Waals surface area contributed by atoms with Crippen LogP contribution in [0.3, 0.4) is 0 Å². The Bertz CT molecular complexity index is 538. The molecule has 3 nitrogen and oxygen atoms in total. The number of rotatable bonds is 4. The second-order valence-electron chi connectivity index (χ2n) is 4.15. The van der Waals surface area contributed by atoms with Gasteiger partial charge < -0.3 is 4.74 Å². The number of aryl methyl sites for hydroxylation is 2. The van der Waals surface area contributed by atoms with Crippen LogP contribution in [0.1, 0.15) is 18.1 Å². The first-order valence-corrected chi connectivity index (χ1v) is 6.10. The molecule has 0 aliphatic heterocycles. The molecule has 0 amide bonds. The number of aromatic nitrogens is 1. The summed E-state index contributed by atoms with van der Waals surface area (Å²) in [6.07, 6.45) is 1.84. The molecule has 0 unspecified atom stereocenters. The van der Waals surface area contributed by atoms with Crippen molar-refractivity contribution in [3.05, 3.63) is 53.7 Å². The van der Waals surface area contributed by atoms with Crippen LogP contribution in [0.15, 0.2) is 42.6 Å². The van der Waals surface area contributed by atoms with Crippen LogP contribution >= 0.6 is 0 Å². The van der Waals surface area contributed by atoms with E-state index >= 15 is 0 Å². The van der Waals surface area contributed by atoms with Gasteiger partial charge in [-0.25, -0.2) is 0 Å². The summed E-state index contributed by atoms with van der Waals surface area (Å²) in [7, 11) is 0. The first-order chi connectivity index (χ1) is 8.70. The zero-order valence-corrected chi connectivity index (χ0v) is 11.0. The van der Waals surface area contributed by atoms with E-state index in [4.69, 9.17) is 9.57 Å². The monoisotopic (exact) mass is 244 g/mol. The normalized spacial score (nSPS) is 10.2. The van der Waals surface area contributed by atoms with Gasteiger partial charge in [-0.05, 0) is 44.0 Å². The standard InChI is InChI=1S/C15H18NO2/c1-4-17-16-10-6-5-7-15(16)18-14-11-12(2)8-9-13(14)3/h5-11H,4H2,1-3H3/q+1. The van der Waals surface area contributed by atoms with Crippen LogP contribution in [0.2, 0.25) is 0 Å². The highest BCUT2D eigenvalue weighted by Gasteiger charge is 2.14. The van der Waals surface area contributed by atoms with Crippen molar-refractivity contribution >= 4 is 0 Å². The van der Waals surface area contributed by atoms with Gasteiger partial charge in [0, 0.05) is 10.8 Å². The minimum Gasteiger partial charge on any atom is -0.402 e. The van der Waals surface area contributed by atoms with Crippen LogP contribution in [0.5, 0.6) is 11.6 Å². The van der Waals surface area contributed by atoms with Crippen molar-refractivity contribution in [2.75, 3.05) is 6.61 Å². The van der Waals surface area contributed by atoms with E-state index in [0.717, 1.165) is 11.3 Å². The van der Waals surface area contributed by atoms with Gasteiger partial charge in [0.05, 0.1) is 6.07 Å². The third-order valence-corrected chi connectivity index (χ3v) is 2.61. The SMILES string of the molecule is CCO[n+]1ccccc1Oc1cc(C)ccc1C. The molecule has 2 rings (SSSR count). The molecule has 0 spiro atoms. The average Bonchev–Trinajstić information content (AvgIpc) is 2.36. The summed E-state index contributed by atoms with van der Waals surface area (Å²) in [6, 6.07) is 11.9. The summed E-state index contributed by atoms with van der Waals surface area (Å²) in [6.45, 7) is 6.62. The van der Waals surface area contributed by atoms with Crippen molar-refractivity contribution in [1.29, 1.82) is 0 Å². The Kier molecular flexibility index (Phi) is 3.82. The minimum absolute atomic E-state index is 0.595. The Labute approximate surface area is 108 Å². The van der Waals surface area contributed by atoms with E-state index in [-0.39, 0.29) is 0 Å². The fourth-order valence-electron chi connectivity index (χ4n) is 1.67. The molecule has 0 N–H and O–H groups in total. The lowest BCUT2D eigenvalue weighted by molar-refractivity contribution is -0.892. The van der Waals surface area contributed by atoms with Crippen LogP contribution in [-0.4, -0.2) is 6.61 Å². The summed E-state index contributed by atoms with van der Waals surface area (Å²) in [5, 5.41) is 0. The molecular weight excluding hydrogens is 226 g/mol. The largest absolute Gasteiger partial charge is 0.422 e. The molecule has 0 saturated heterocycles. The molecule has 1 aromatic heterocycles. The first kappa shape index (κ1) is 12.4. The second kappa shape index (κ2) is 5.54. The Morgan fingerprint density at radius 2 is 1.94 bits per heavy atom. The van der Waals surface area contributed by atoms with Gasteiger partial charge in [0.2, 0.25) is 6.20 Å². The van der Waals surface area contributed by atoms with Crippen LogP contribution in [-0.2, 0) is 0 Å². The van der Waals surface area contributed by atoms with Crippen molar-refractivity contribution in [3.63, 3.8) is 0 Å². The first-order valence-electron chi connectivity index (χ1n) is 6.10. The van der Waals surface area contributed by atoms with Gasteiger partial charge in [-0.1, -0.05) is 12.1 Å². The highest BCUT2D eigenvalue weighted by molar-refractivity contribution is 5.37. The minimum atomic E-state index is 0.595. The van der Waals surface area contributed by atoms with Crippen molar-refractivity contribution in [2.24, 2.45) is 0 Å². The smallest absolute Gasteiger partial charge is 0.402 e. The van der Waals surface area contributed by atoms with E-state index in [0.29, 0.717) is 12.5 Å². The highest BCUT2D eigenvalue weighted by atomic mass is 16.7. The Hall–Kier alpha value is -2.03. The Balaban J connectivity index is 2.30. The molecule has 0 fully saturated rings. The van der Waals surface area contributed by atoms with Gasteiger partial charge in [0.25, 0.3) is 0 Å². The third-order valence-electron chi connectivity index (χ3n) is 2.61. The van der Waals surface area contributed by atoms with E-state index in [1.165, 1.54) is 5.56 Å². The van der Waals surface area contributed by atoms with Crippen molar-refractivity contribution in [2.45, 2.75) is 20.8 Å². The number of pyridine rings is 1. The molecule has 94 valence electrons. The predicted molar refractivity (Wildman–Crippen MR) is 69.7 cm³/mol. The van der Waals surface area contributed by atoms with Gasteiger partial charge in [-0.2, -0.15) is 0 Å². The lowest BCUT2D eigenvalue weighted by Gasteiger charge is -2.07. The van der Waals surface area contributed by atoms with E-state index in [9.17, 15) is 0 Å². The van der Waals surface area contributed by atoms with Crippen LogP contribution in [0, 0.1) is 13.8 Å². The van der Waals surface area contributed by atoms with Crippen molar-refractivity contribution in [1.82, 2.24) is 0 Å². The van der Waals surface area contributed by atoms with Crippen molar-refractivity contribution in [3.8, 4) is 11.6 Å². The molecule has 0 atom stereocenters. The van der Waals surface area contributed by atoms with Crippen LogP contribution < -0.4 is 14.3 Å². The van der Waals surface area contributed by atoms with E-state index in [1.54, 1.807) is 4.73 Å². The third kappa shape index (κ3) is 2.80. The fraction of sp³-hybridized carbons (Fsp3) is 0.267. The topological polar surface area (TPSA) is 22.3 Å². The van der Waals surface area contributed by atoms with Crippen LogP contribution in [0.4, 0.5) is 0 Å². The van der Waals surface area contributed by atoms with Gasteiger partial charge in [0.15, 0.2) is 6.61 Å². The maximum atomic E-state index is 5.91. The number of hydrogen-bond donors (Lipinski definition) is 0. The van der Waals surface area contributed by atoms with E-state index in [2.05, 4.69) is 12.1 Å². The zero-order valence-electron chi connectivity index (χ0n) is 11.0. The lowest BCUT2D eigenvalue weighted by atomic mass is 10.1. The lowest BCUT2D eigenvalue weighted by Crippen LogP contribution is -2.43. The summed E-state index contributed by atoms with van der Waals surface area (Å²) >= 11 is 0. The Morgan fingerprint density at radius 1 is 1.11 bits per heavy atom. The average molecular weight is 244 g/mol. The molecule has 0 saturated carbocycles. The number of hydrogen-bond acceptors (Lipinski definition) is 2. The Morgan fingerprint density at radius 3 is 2.72 bits per heavy atom. The second-order valence-corrected chi connectivity index (χ2v) is 4.15. The summed E-state index contributed by atoms with van der Waals surface area (Å²) in [5.74, 6) is 1.53. The summed E-state index contributed by atoms with van der Waals surface area (Å²) < 4.78 is 7.55. The molecule has 0 bridgehead atoms. The molecule has 2 aromatic rings. The van der Waals surface area contributed by atoms with Crippen molar-refractivity contribution < 1.29 is 14.3 Å². The molecule has 3 heteroatoms. The van der Waals surface area contributed by atoms with Gasteiger partial charge in [0.1, 0.15) is 5.75 Å². The molecule has 0 aliphatic rings.